The summed E-state index contributed by atoms with van der Waals surface area (Å²) in [5.41, 5.74) is 3.74. The van der Waals surface area contributed by atoms with E-state index in [0.717, 1.165) is 54.4 Å². The number of pyridine rings is 1. The number of piperidine rings is 1. The molecule has 1 aromatic carbocycles. The van der Waals surface area contributed by atoms with Gasteiger partial charge in [0.1, 0.15) is 0 Å². The van der Waals surface area contributed by atoms with Crippen molar-refractivity contribution < 1.29 is 14.0 Å². The van der Waals surface area contributed by atoms with E-state index in [9.17, 15) is 9.59 Å². The lowest BCUT2D eigenvalue weighted by molar-refractivity contribution is 0.0668. The third kappa shape index (κ3) is 3.20. The van der Waals surface area contributed by atoms with E-state index in [2.05, 4.69) is 15.3 Å². The maximum absolute atomic E-state index is 13.1. The summed E-state index contributed by atoms with van der Waals surface area (Å²) in [6.45, 7) is 2.84. The van der Waals surface area contributed by atoms with Crippen molar-refractivity contribution in [3.05, 3.63) is 65.2 Å². The molecule has 3 aromatic rings. The Hall–Kier alpha value is -3.48. The van der Waals surface area contributed by atoms with Gasteiger partial charge in [0.2, 0.25) is 0 Å². The summed E-state index contributed by atoms with van der Waals surface area (Å²) in [6.07, 6.45) is 8.20. The number of aromatic nitrogens is 1. The van der Waals surface area contributed by atoms with Gasteiger partial charge >= 0.3 is 0 Å². The summed E-state index contributed by atoms with van der Waals surface area (Å²) in [5, 5.41) is 3.91. The summed E-state index contributed by atoms with van der Waals surface area (Å²) in [6, 6.07) is 9.48. The van der Waals surface area contributed by atoms with Crippen LogP contribution in [0.2, 0.25) is 0 Å². The zero-order valence-corrected chi connectivity index (χ0v) is 17.7. The Labute approximate surface area is 185 Å². The number of likely N-dealkylation sites (tertiary alicyclic amines) is 1. The summed E-state index contributed by atoms with van der Waals surface area (Å²) in [7, 11) is 0. The van der Waals surface area contributed by atoms with Gasteiger partial charge in [-0.1, -0.05) is 12.1 Å². The molecule has 162 valence electrons. The molecule has 1 saturated carbocycles. The van der Waals surface area contributed by atoms with E-state index in [1.807, 2.05) is 35.4 Å². The Morgan fingerprint density at radius 3 is 2.94 bits per heavy atom. The molecule has 1 N–H and O–H groups in total. The van der Waals surface area contributed by atoms with Gasteiger partial charge in [0.25, 0.3) is 11.8 Å². The average molecular weight is 428 g/mol. The third-order valence-corrected chi connectivity index (χ3v) is 7.37. The van der Waals surface area contributed by atoms with Gasteiger partial charge in [-0.15, -0.1) is 0 Å². The number of nitrogens with one attached hydrogen (secondary N) is 1. The minimum atomic E-state index is -0.185. The summed E-state index contributed by atoms with van der Waals surface area (Å²) < 4.78 is 5.61. The Kier molecular flexibility index (Phi) is 4.38. The molecule has 1 unspecified atom stereocenters. The molecule has 1 spiro atoms. The molecule has 7 heteroatoms. The molecule has 7 nitrogen and oxygen atoms in total. The number of amides is 2. The molecule has 0 bridgehead atoms. The van der Waals surface area contributed by atoms with Gasteiger partial charge in [-0.2, -0.15) is 0 Å². The van der Waals surface area contributed by atoms with Gasteiger partial charge in [-0.05, 0) is 54.4 Å². The fourth-order valence-corrected chi connectivity index (χ4v) is 5.28. The van der Waals surface area contributed by atoms with E-state index in [1.165, 1.54) is 0 Å². The van der Waals surface area contributed by atoms with Gasteiger partial charge < -0.3 is 14.6 Å². The fourth-order valence-electron chi connectivity index (χ4n) is 5.28. The molecule has 4 heterocycles. The minimum Gasteiger partial charge on any atom is -0.449 e. The number of furan rings is 1. The van der Waals surface area contributed by atoms with Crippen molar-refractivity contribution in [3.8, 4) is 0 Å². The number of rotatable bonds is 4. The van der Waals surface area contributed by atoms with Crippen LogP contribution < -0.4 is 5.32 Å². The van der Waals surface area contributed by atoms with Crippen LogP contribution in [0.25, 0.3) is 11.0 Å². The van der Waals surface area contributed by atoms with Crippen molar-refractivity contribution in [2.24, 2.45) is 16.3 Å². The molecule has 3 aliphatic rings. The highest BCUT2D eigenvalue weighted by Crippen LogP contribution is 2.59. The van der Waals surface area contributed by atoms with Crippen LogP contribution in [-0.2, 0) is 6.54 Å². The number of aliphatic imine (C=N–C) groups is 1. The van der Waals surface area contributed by atoms with Gasteiger partial charge in [-0.3, -0.25) is 19.6 Å². The molecular weight excluding hydrogens is 404 g/mol. The number of carbonyl (C=O) groups excluding carboxylic acids is 2. The largest absolute Gasteiger partial charge is 0.449 e. The standard InChI is InChI=1S/C25H24N4O3/c30-23(21-10-16-4-7-26-15-22(16)32-21)28-13-18-11-25(18)5-8-29(9-6-25)24(31)19-3-1-2-17-12-27-14-20(17)19/h1-4,7,10,14-15,18H,5-6,8-9,11-13H2,(H,28,30). The SMILES string of the molecule is O=C(NCC1CC12CCN(C(=O)c1cccc3c1C=NC3)CC2)c1cc2ccncc2o1. The molecule has 0 radical (unpaired) electrons. The molecule has 2 aliphatic heterocycles. The summed E-state index contributed by atoms with van der Waals surface area (Å²) in [5.74, 6) is 0.704. The molecule has 6 rings (SSSR count). The maximum atomic E-state index is 13.1. The first-order chi connectivity index (χ1) is 15.6. The molecule has 2 aromatic heterocycles. The van der Waals surface area contributed by atoms with Crippen molar-refractivity contribution in [2.75, 3.05) is 19.6 Å². The highest BCUT2D eigenvalue weighted by molar-refractivity contribution is 6.04. The first kappa shape index (κ1) is 19.2. The Bertz CT molecular complexity index is 1220. The van der Waals surface area contributed by atoms with Crippen LogP contribution >= 0.6 is 0 Å². The molecule has 1 aliphatic carbocycles. The summed E-state index contributed by atoms with van der Waals surface area (Å²) in [4.78, 5) is 35.9. The lowest BCUT2D eigenvalue weighted by Crippen LogP contribution is -2.40. The third-order valence-electron chi connectivity index (χ3n) is 7.37. The van der Waals surface area contributed by atoms with Crippen LogP contribution in [0.1, 0.15) is 51.3 Å². The molecule has 2 fully saturated rings. The number of carbonyl (C=O) groups is 2. The zero-order chi connectivity index (χ0) is 21.7. The molecule has 1 atom stereocenters. The first-order valence-electron chi connectivity index (χ1n) is 11.2. The molecule has 2 amide bonds. The fraction of sp³-hybridized carbons (Fsp3) is 0.360. The Balaban J connectivity index is 1.04. The van der Waals surface area contributed by atoms with E-state index in [-0.39, 0.29) is 17.2 Å². The Morgan fingerprint density at radius 2 is 2.09 bits per heavy atom. The van der Waals surface area contributed by atoms with Gasteiger partial charge in [0, 0.05) is 48.6 Å². The summed E-state index contributed by atoms with van der Waals surface area (Å²) >= 11 is 0. The number of benzene rings is 1. The van der Waals surface area contributed by atoms with Crippen LogP contribution in [0.5, 0.6) is 0 Å². The minimum absolute atomic E-state index is 0.106. The molecule has 32 heavy (non-hydrogen) atoms. The Morgan fingerprint density at radius 1 is 1.22 bits per heavy atom. The predicted molar refractivity (Wildman–Crippen MR) is 120 cm³/mol. The number of fused-ring (bicyclic) bond motifs is 2. The van der Waals surface area contributed by atoms with Crippen molar-refractivity contribution >= 4 is 29.0 Å². The second-order valence-electron chi connectivity index (χ2n) is 9.14. The van der Waals surface area contributed by atoms with Gasteiger partial charge in [0.15, 0.2) is 11.3 Å². The maximum Gasteiger partial charge on any atom is 0.287 e. The highest BCUT2D eigenvalue weighted by atomic mass is 16.3. The average Bonchev–Trinajstić information content (AvgIpc) is 3.18. The zero-order valence-electron chi connectivity index (χ0n) is 17.7. The second kappa shape index (κ2) is 7.29. The number of hydrogen-bond acceptors (Lipinski definition) is 5. The van der Waals surface area contributed by atoms with Crippen molar-refractivity contribution in [2.45, 2.75) is 25.8 Å². The van der Waals surface area contributed by atoms with Crippen LogP contribution in [0.15, 0.2) is 52.1 Å². The van der Waals surface area contributed by atoms with Gasteiger partial charge in [0.05, 0.1) is 12.7 Å². The van der Waals surface area contributed by atoms with Crippen LogP contribution in [0, 0.1) is 11.3 Å². The lowest BCUT2D eigenvalue weighted by atomic mass is 9.90. The first-order valence-corrected chi connectivity index (χ1v) is 11.2. The predicted octanol–water partition coefficient (Wildman–Crippen LogP) is 3.43. The van der Waals surface area contributed by atoms with E-state index < -0.39 is 0 Å². The van der Waals surface area contributed by atoms with E-state index in [0.29, 0.717) is 30.4 Å². The van der Waals surface area contributed by atoms with Crippen LogP contribution in [-0.4, -0.2) is 47.5 Å². The topological polar surface area (TPSA) is 87.8 Å². The lowest BCUT2D eigenvalue weighted by Gasteiger charge is -2.33. The molecule has 1 saturated heterocycles. The quantitative estimate of drug-likeness (QED) is 0.690. The van der Waals surface area contributed by atoms with Crippen LogP contribution in [0.4, 0.5) is 0 Å². The second-order valence-corrected chi connectivity index (χ2v) is 9.14. The van der Waals surface area contributed by atoms with Gasteiger partial charge in [-0.25, -0.2) is 0 Å². The van der Waals surface area contributed by atoms with Crippen molar-refractivity contribution in [1.29, 1.82) is 0 Å². The number of nitrogens with zero attached hydrogens (tertiary/aromatic N) is 3. The van der Waals surface area contributed by atoms with Crippen LogP contribution in [0.3, 0.4) is 0 Å². The normalized spacial score (nSPS) is 20.5. The van der Waals surface area contributed by atoms with Crippen molar-refractivity contribution in [1.82, 2.24) is 15.2 Å². The van der Waals surface area contributed by atoms with E-state index >= 15 is 0 Å². The smallest absolute Gasteiger partial charge is 0.287 e. The van der Waals surface area contributed by atoms with E-state index in [1.54, 1.807) is 18.5 Å². The number of hydrogen-bond donors (Lipinski definition) is 1. The van der Waals surface area contributed by atoms with Crippen molar-refractivity contribution in [3.63, 3.8) is 0 Å². The molecular formula is C25H24N4O3. The van der Waals surface area contributed by atoms with E-state index in [4.69, 9.17) is 4.42 Å². The monoisotopic (exact) mass is 428 g/mol. The highest BCUT2D eigenvalue weighted by Gasteiger charge is 2.54.